The number of halogens is 1. The van der Waals surface area contributed by atoms with Crippen LogP contribution in [0.5, 0.6) is 0 Å². The van der Waals surface area contributed by atoms with Crippen molar-refractivity contribution < 1.29 is 9.26 Å². The Balaban J connectivity index is 1.55. The fourth-order valence-electron chi connectivity index (χ4n) is 2.80. The zero-order chi connectivity index (χ0) is 16.4. The van der Waals surface area contributed by atoms with Crippen LogP contribution in [-0.2, 0) is 4.74 Å². The van der Waals surface area contributed by atoms with Crippen LogP contribution in [0.1, 0.15) is 11.7 Å². The maximum absolute atomic E-state index is 6.29. The van der Waals surface area contributed by atoms with E-state index in [1.807, 2.05) is 54.6 Å². The molecule has 0 N–H and O–H groups in total. The molecule has 0 spiro atoms. The number of morpholine rings is 1. The molecular formula is C18H16ClN3O2. The van der Waals surface area contributed by atoms with Crippen LogP contribution in [0.15, 0.2) is 59.1 Å². The molecule has 1 atom stereocenters. The highest BCUT2D eigenvalue weighted by atomic mass is 35.5. The van der Waals surface area contributed by atoms with Gasteiger partial charge >= 0.3 is 0 Å². The summed E-state index contributed by atoms with van der Waals surface area (Å²) in [5, 5.41) is 4.83. The van der Waals surface area contributed by atoms with Gasteiger partial charge in [-0.25, -0.2) is 0 Å². The van der Waals surface area contributed by atoms with Crippen molar-refractivity contribution in [3.05, 3.63) is 65.2 Å². The Hall–Kier alpha value is -2.37. The summed E-state index contributed by atoms with van der Waals surface area (Å²) in [6.07, 6.45) is -0.105. The smallest absolute Gasteiger partial charge is 0.266 e. The SMILES string of the molecule is Clc1ccccc1C1CN(c2noc(-c3ccccc3)n2)CCO1. The standard InChI is InChI=1S/C18H16ClN3O2/c19-15-9-5-4-8-14(15)16-12-22(10-11-23-16)18-20-17(24-21-18)13-6-2-1-3-7-13/h1-9,16H,10-12H2. The van der Waals surface area contributed by atoms with Gasteiger partial charge in [0.25, 0.3) is 11.8 Å². The predicted molar refractivity (Wildman–Crippen MR) is 92.1 cm³/mol. The third kappa shape index (κ3) is 3.00. The molecule has 1 saturated heterocycles. The van der Waals surface area contributed by atoms with Crippen LogP contribution in [0.3, 0.4) is 0 Å². The van der Waals surface area contributed by atoms with Crippen LogP contribution in [0.4, 0.5) is 5.95 Å². The normalized spacial score (nSPS) is 17.9. The van der Waals surface area contributed by atoms with Gasteiger partial charge in [0, 0.05) is 22.7 Å². The molecule has 2 heterocycles. The van der Waals surface area contributed by atoms with E-state index in [-0.39, 0.29) is 6.10 Å². The van der Waals surface area contributed by atoms with Crippen molar-refractivity contribution in [3.8, 4) is 11.5 Å². The van der Waals surface area contributed by atoms with Crippen LogP contribution in [-0.4, -0.2) is 29.8 Å². The monoisotopic (exact) mass is 341 g/mol. The zero-order valence-electron chi connectivity index (χ0n) is 12.9. The van der Waals surface area contributed by atoms with Crippen molar-refractivity contribution in [2.45, 2.75) is 6.10 Å². The molecule has 1 fully saturated rings. The number of hydrogen-bond donors (Lipinski definition) is 0. The van der Waals surface area contributed by atoms with Gasteiger partial charge in [-0.05, 0) is 23.4 Å². The van der Waals surface area contributed by atoms with E-state index in [1.165, 1.54) is 0 Å². The first-order valence-electron chi connectivity index (χ1n) is 7.81. The summed E-state index contributed by atoms with van der Waals surface area (Å²) >= 11 is 6.29. The molecule has 1 aromatic heterocycles. The highest BCUT2D eigenvalue weighted by Crippen LogP contribution is 2.30. The molecule has 1 unspecified atom stereocenters. The molecule has 122 valence electrons. The quantitative estimate of drug-likeness (QED) is 0.721. The van der Waals surface area contributed by atoms with Gasteiger partial charge in [0.2, 0.25) is 0 Å². The van der Waals surface area contributed by atoms with Crippen molar-refractivity contribution in [3.63, 3.8) is 0 Å². The van der Waals surface area contributed by atoms with E-state index in [1.54, 1.807) is 0 Å². The van der Waals surface area contributed by atoms with Gasteiger partial charge in [-0.2, -0.15) is 4.98 Å². The summed E-state index contributed by atoms with van der Waals surface area (Å²) in [4.78, 5) is 6.58. The minimum atomic E-state index is -0.105. The van der Waals surface area contributed by atoms with Crippen molar-refractivity contribution in [2.75, 3.05) is 24.6 Å². The Morgan fingerprint density at radius 2 is 1.83 bits per heavy atom. The van der Waals surface area contributed by atoms with E-state index >= 15 is 0 Å². The maximum Gasteiger partial charge on any atom is 0.266 e. The first-order chi connectivity index (χ1) is 11.8. The van der Waals surface area contributed by atoms with E-state index in [0.717, 1.165) is 11.1 Å². The first kappa shape index (κ1) is 15.2. The summed E-state index contributed by atoms with van der Waals surface area (Å²) in [6.45, 7) is 1.94. The largest absolute Gasteiger partial charge is 0.370 e. The molecule has 0 radical (unpaired) electrons. The van der Waals surface area contributed by atoms with Gasteiger partial charge < -0.3 is 14.2 Å². The molecule has 0 amide bonds. The van der Waals surface area contributed by atoms with Gasteiger partial charge in [-0.15, -0.1) is 0 Å². The summed E-state index contributed by atoms with van der Waals surface area (Å²) in [7, 11) is 0. The fraction of sp³-hybridized carbons (Fsp3) is 0.222. The topological polar surface area (TPSA) is 51.4 Å². The van der Waals surface area contributed by atoms with Crippen LogP contribution < -0.4 is 4.90 Å². The number of aromatic nitrogens is 2. The average Bonchev–Trinajstić information content (AvgIpc) is 3.13. The van der Waals surface area contributed by atoms with Gasteiger partial charge in [-0.1, -0.05) is 48.0 Å². The Kier molecular flexibility index (Phi) is 4.19. The second-order valence-electron chi connectivity index (χ2n) is 5.59. The summed E-state index contributed by atoms with van der Waals surface area (Å²) < 4.78 is 11.3. The van der Waals surface area contributed by atoms with Crippen LogP contribution >= 0.6 is 11.6 Å². The number of benzene rings is 2. The highest BCUT2D eigenvalue weighted by molar-refractivity contribution is 6.31. The van der Waals surface area contributed by atoms with E-state index < -0.39 is 0 Å². The van der Waals surface area contributed by atoms with Crippen LogP contribution in [0.2, 0.25) is 5.02 Å². The Morgan fingerprint density at radius 1 is 1.04 bits per heavy atom. The summed E-state index contributed by atoms with van der Waals surface area (Å²) in [5.74, 6) is 1.10. The molecule has 4 rings (SSSR count). The molecule has 0 bridgehead atoms. The van der Waals surface area contributed by atoms with Crippen LogP contribution in [0.25, 0.3) is 11.5 Å². The minimum absolute atomic E-state index is 0.105. The summed E-state index contributed by atoms with van der Waals surface area (Å²) in [5.41, 5.74) is 1.89. The zero-order valence-corrected chi connectivity index (χ0v) is 13.7. The van der Waals surface area contributed by atoms with Crippen LogP contribution in [0, 0.1) is 0 Å². The highest BCUT2D eigenvalue weighted by Gasteiger charge is 2.26. The molecule has 5 nitrogen and oxygen atoms in total. The van der Waals surface area contributed by atoms with Gasteiger partial charge in [0.1, 0.15) is 6.10 Å². The molecule has 24 heavy (non-hydrogen) atoms. The lowest BCUT2D eigenvalue weighted by Crippen LogP contribution is -2.39. The lowest BCUT2D eigenvalue weighted by molar-refractivity contribution is 0.0391. The number of anilines is 1. The van der Waals surface area contributed by atoms with Gasteiger partial charge in [0.05, 0.1) is 13.2 Å². The second-order valence-corrected chi connectivity index (χ2v) is 6.00. The number of ether oxygens (including phenoxy) is 1. The van der Waals surface area contributed by atoms with Crippen molar-refractivity contribution in [1.29, 1.82) is 0 Å². The summed E-state index contributed by atoms with van der Waals surface area (Å²) in [6, 6.07) is 17.5. The van der Waals surface area contributed by atoms with Crippen molar-refractivity contribution in [2.24, 2.45) is 0 Å². The van der Waals surface area contributed by atoms with E-state index in [0.29, 0.717) is 36.6 Å². The molecule has 1 aliphatic heterocycles. The molecular weight excluding hydrogens is 326 g/mol. The van der Waals surface area contributed by atoms with E-state index in [4.69, 9.17) is 20.9 Å². The Morgan fingerprint density at radius 3 is 2.67 bits per heavy atom. The number of hydrogen-bond acceptors (Lipinski definition) is 5. The Labute approximate surface area is 144 Å². The maximum atomic E-state index is 6.29. The molecule has 1 aliphatic rings. The van der Waals surface area contributed by atoms with Gasteiger partial charge in [-0.3, -0.25) is 0 Å². The Bertz CT molecular complexity index is 822. The number of nitrogens with zero attached hydrogens (tertiary/aromatic N) is 3. The minimum Gasteiger partial charge on any atom is -0.370 e. The molecule has 2 aromatic carbocycles. The fourth-order valence-corrected chi connectivity index (χ4v) is 3.05. The second kappa shape index (κ2) is 6.63. The molecule has 0 aliphatic carbocycles. The lowest BCUT2D eigenvalue weighted by atomic mass is 10.1. The average molecular weight is 342 g/mol. The molecule has 3 aromatic rings. The van der Waals surface area contributed by atoms with Crippen molar-refractivity contribution >= 4 is 17.5 Å². The molecule has 0 saturated carbocycles. The molecule has 6 heteroatoms. The lowest BCUT2D eigenvalue weighted by Gasteiger charge is -2.32. The number of rotatable bonds is 3. The third-order valence-electron chi connectivity index (χ3n) is 4.04. The third-order valence-corrected chi connectivity index (χ3v) is 4.38. The van der Waals surface area contributed by atoms with Crippen molar-refractivity contribution in [1.82, 2.24) is 10.1 Å². The predicted octanol–water partition coefficient (Wildman–Crippen LogP) is 3.97. The first-order valence-corrected chi connectivity index (χ1v) is 8.19. The van der Waals surface area contributed by atoms with Gasteiger partial charge in [0.15, 0.2) is 0 Å². The van der Waals surface area contributed by atoms with E-state index in [9.17, 15) is 0 Å². The van der Waals surface area contributed by atoms with E-state index in [2.05, 4.69) is 15.0 Å².